The first kappa shape index (κ1) is 18.0. The van der Waals surface area contributed by atoms with E-state index in [0.717, 1.165) is 25.7 Å². The lowest BCUT2D eigenvalue weighted by atomic mass is 9.74. The maximum absolute atomic E-state index is 12.5. The number of rotatable bonds is 3. The summed E-state index contributed by atoms with van der Waals surface area (Å²) in [5, 5.41) is 3.14. The Morgan fingerprint density at radius 3 is 2.67 bits per heavy atom. The van der Waals surface area contributed by atoms with Crippen LogP contribution in [-0.2, 0) is 4.79 Å². The number of halogens is 1. The fourth-order valence-corrected chi connectivity index (χ4v) is 3.25. The maximum Gasteiger partial charge on any atom is 0.225 e. The lowest BCUT2D eigenvalue weighted by Gasteiger charge is -2.37. The van der Waals surface area contributed by atoms with Crippen molar-refractivity contribution in [3.8, 4) is 0 Å². The topological polar surface area (TPSA) is 55.1 Å². The summed E-state index contributed by atoms with van der Waals surface area (Å²) >= 11 is 0. The van der Waals surface area contributed by atoms with Crippen molar-refractivity contribution in [3.63, 3.8) is 0 Å². The molecule has 1 aliphatic rings. The average molecular weight is 311 g/mol. The Kier molecular flexibility index (Phi) is 6.24. The molecular weight excluding hydrogens is 284 g/mol. The van der Waals surface area contributed by atoms with E-state index in [2.05, 4.69) is 24.4 Å². The number of nitrogens with two attached hydrogens (primary N) is 1. The summed E-state index contributed by atoms with van der Waals surface area (Å²) < 4.78 is 0. The van der Waals surface area contributed by atoms with Crippen molar-refractivity contribution in [3.05, 3.63) is 35.4 Å². The van der Waals surface area contributed by atoms with E-state index < -0.39 is 0 Å². The molecule has 21 heavy (non-hydrogen) atoms. The molecule has 0 bridgehead atoms. The second-order valence-corrected chi connectivity index (χ2v) is 6.39. The minimum absolute atomic E-state index is 0. The molecule has 1 amide bonds. The highest BCUT2D eigenvalue weighted by Gasteiger charge is 2.38. The molecule has 0 saturated heterocycles. The van der Waals surface area contributed by atoms with Crippen molar-refractivity contribution >= 4 is 18.3 Å². The van der Waals surface area contributed by atoms with Gasteiger partial charge in [-0.2, -0.15) is 0 Å². The molecule has 118 valence electrons. The highest BCUT2D eigenvalue weighted by atomic mass is 35.5. The fourth-order valence-electron chi connectivity index (χ4n) is 3.25. The van der Waals surface area contributed by atoms with Gasteiger partial charge in [0.2, 0.25) is 5.91 Å². The van der Waals surface area contributed by atoms with E-state index in [1.807, 2.05) is 26.0 Å². The Bertz CT molecular complexity index is 487. The molecule has 0 aliphatic heterocycles. The van der Waals surface area contributed by atoms with E-state index in [9.17, 15) is 4.79 Å². The molecule has 1 aliphatic carbocycles. The van der Waals surface area contributed by atoms with Gasteiger partial charge in [0.25, 0.3) is 0 Å². The third kappa shape index (κ3) is 4.21. The largest absolute Gasteiger partial charge is 0.349 e. The molecular formula is C17H27ClN2O. The van der Waals surface area contributed by atoms with Crippen molar-refractivity contribution in [2.45, 2.75) is 58.0 Å². The van der Waals surface area contributed by atoms with Gasteiger partial charge in [-0.15, -0.1) is 12.4 Å². The fraction of sp³-hybridized carbons (Fsp3) is 0.588. The summed E-state index contributed by atoms with van der Waals surface area (Å²) in [5.74, 6) is 0.0353. The summed E-state index contributed by atoms with van der Waals surface area (Å²) in [6, 6.07) is 8.21. The summed E-state index contributed by atoms with van der Waals surface area (Å²) in [6.45, 7) is 6.12. The summed E-state index contributed by atoms with van der Waals surface area (Å²) in [5.41, 5.74) is 8.32. The van der Waals surface area contributed by atoms with Crippen LogP contribution >= 0.6 is 12.4 Å². The van der Waals surface area contributed by atoms with Crippen LogP contribution in [0.3, 0.4) is 0 Å². The van der Waals surface area contributed by atoms with Crippen LogP contribution in [0, 0.1) is 12.8 Å². The lowest BCUT2D eigenvalue weighted by molar-refractivity contribution is -0.128. The number of hydrogen-bond donors (Lipinski definition) is 2. The zero-order chi connectivity index (χ0) is 14.8. The molecule has 3 nitrogen and oxygen atoms in total. The average Bonchev–Trinajstić information content (AvgIpc) is 2.38. The second-order valence-electron chi connectivity index (χ2n) is 6.39. The molecule has 3 atom stereocenters. The van der Waals surface area contributed by atoms with Gasteiger partial charge in [0, 0.05) is 5.54 Å². The van der Waals surface area contributed by atoms with Crippen LogP contribution in [0.4, 0.5) is 0 Å². The smallest absolute Gasteiger partial charge is 0.225 e. The SMILES string of the molecule is Cc1ccccc1C(C)NC(=O)C1CCCCC1(C)N.Cl. The minimum atomic E-state index is -0.367. The van der Waals surface area contributed by atoms with Crippen LogP contribution in [0.5, 0.6) is 0 Å². The van der Waals surface area contributed by atoms with E-state index in [0.29, 0.717) is 0 Å². The minimum Gasteiger partial charge on any atom is -0.349 e. The summed E-state index contributed by atoms with van der Waals surface area (Å²) in [4.78, 5) is 12.5. The van der Waals surface area contributed by atoms with Crippen LogP contribution in [0.1, 0.15) is 56.7 Å². The molecule has 0 radical (unpaired) electrons. The van der Waals surface area contributed by atoms with Crippen molar-refractivity contribution < 1.29 is 4.79 Å². The highest BCUT2D eigenvalue weighted by molar-refractivity contribution is 5.85. The van der Waals surface area contributed by atoms with E-state index in [1.54, 1.807) is 0 Å². The van der Waals surface area contributed by atoms with Gasteiger partial charge in [-0.05, 0) is 44.7 Å². The number of amides is 1. The molecule has 3 unspecified atom stereocenters. The third-order valence-electron chi connectivity index (χ3n) is 4.58. The quantitative estimate of drug-likeness (QED) is 0.897. The van der Waals surface area contributed by atoms with Gasteiger partial charge >= 0.3 is 0 Å². The lowest BCUT2D eigenvalue weighted by Crippen LogP contribution is -2.53. The molecule has 1 aromatic rings. The Balaban J connectivity index is 0.00000220. The van der Waals surface area contributed by atoms with Gasteiger partial charge in [-0.25, -0.2) is 0 Å². The number of hydrogen-bond acceptors (Lipinski definition) is 2. The molecule has 0 heterocycles. The molecule has 3 N–H and O–H groups in total. The highest BCUT2D eigenvalue weighted by Crippen LogP contribution is 2.32. The standard InChI is InChI=1S/C17H26N2O.ClH/c1-12-8-4-5-9-14(12)13(2)19-16(20)15-10-6-7-11-17(15,3)18;/h4-5,8-9,13,15H,6-7,10-11,18H2,1-3H3,(H,19,20);1H. The van der Waals surface area contributed by atoms with Crippen molar-refractivity contribution in [1.82, 2.24) is 5.32 Å². The Labute approximate surface area is 134 Å². The first-order valence-corrected chi connectivity index (χ1v) is 7.56. The Morgan fingerprint density at radius 2 is 2.05 bits per heavy atom. The molecule has 0 spiro atoms. The Hall–Kier alpha value is -1.06. The second kappa shape index (κ2) is 7.28. The van der Waals surface area contributed by atoms with Crippen LogP contribution in [0.25, 0.3) is 0 Å². The number of nitrogens with one attached hydrogen (secondary N) is 1. The first-order chi connectivity index (χ1) is 9.42. The van der Waals surface area contributed by atoms with Crippen molar-refractivity contribution in [2.24, 2.45) is 11.7 Å². The van der Waals surface area contributed by atoms with Crippen LogP contribution in [0.15, 0.2) is 24.3 Å². The van der Waals surface area contributed by atoms with Gasteiger partial charge in [0.15, 0.2) is 0 Å². The third-order valence-corrected chi connectivity index (χ3v) is 4.58. The van der Waals surface area contributed by atoms with Gasteiger partial charge < -0.3 is 11.1 Å². The van der Waals surface area contributed by atoms with E-state index in [1.165, 1.54) is 11.1 Å². The zero-order valence-corrected chi connectivity index (χ0v) is 14.0. The van der Waals surface area contributed by atoms with Gasteiger partial charge in [0.1, 0.15) is 0 Å². The van der Waals surface area contributed by atoms with E-state index >= 15 is 0 Å². The van der Waals surface area contributed by atoms with Gasteiger partial charge in [-0.3, -0.25) is 4.79 Å². The maximum atomic E-state index is 12.5. The van der Waals surface area contributed by atoms with Gasteiger partial charge in [-0.1, -0.05) is 37.1 Å². The van der Waals surface area contributed by atoms with Crippen molar-refractivity contribution in [1.29, 1.82) is 0 Å². The monoisotopic (exact) mass is 310 g/mol. The number of carbonyl (C=O) groups is 1. The molecule has 2 rings (SSSR count). The predicted octanol–water partition coefficient (Wildman–Crippen LogP) is 3.50. The first-order valence-electron chi connectivity index (χ1n) is 7.56. The molecule has 4 heteroatoms. The molecule has 0 aromatic heterocycles. The number of aryl methyl sites for hydroxylation is 1. The van der Waals surface area contributed by atoms with E-state index in [-0.39, 0.29) is 35.8 Å². The predicted molar refractivity (Wildman–Crippen MR) is 89.5 cm³/mol. The molecule has 1 saturated carbocycles. The molecule has 1 fully saturated rings. The van der Waals surface area contributed by atoms with Gasteiger partial charge in [0.05, 0.1) is 12.0 Å². The summed E-state index contributed by atoms with van der Waals surface area (Å²) in [6.07, 6.45) is 4.07. The normalized spacial score (nSPS) is 26.6. The van der Waals surface area contributed by atoms with E-state index in [4.69, 9.17) is 5.73 Å². The Morgan fingerprint density at radius 1 is 1.38 bits per heavy atom. The van der Waals surface area contributed by atoms with Crippen LogP contribution < -0.4 is 11.1 Å². The molecule has 1 aromatic carbocycles. The number of carbonyl (C=O) groups excluding carboxylic acids is 1. The zero-order valence-electron chi connectivity index (χ0n) is 13.2. The number of benzene rings is 1. The summed E-state index contributed by atoms with van der Waals surface area (Å²) in [7, 11) is 0. The van der Waals surface area contributed by atoms with Crippen LogP contribution in [0.2, 0.25) is 0 Å². The van der Waals surface area contributed by atoms with Crippen molar-refractivity contribution in [2.75, 3.05) is 0 Å². The van der Waals surface area contributed by atoms with Crippen LogP contribution in [-0.4, -0.2) is 11.4 Å².